The maximum Gasteiger partial charge on any atom is 0.253 e. The number of anilines is 1. The number of amides is 2. The van der Waals surface area contributed by atoms with E-state index < -0.39 is 10.8 Å². The summed E-state index contributed by atoms with van der Waals surface area (Å²) in [6, 6.07) is 5.61. The van der Waals surface area contributed by atoms with E-state index >= 15 is 0 Å². The van der Waals surface area contributed by atoms with Crippen molar-refractivity contribution in [1.82, 2.24) is 4.90 Å². The van der Waals surface area contributed by atoms with Crippen LogP contribution in [0.15, 0.2) is 18.2 Å². The van der Waals surface area contributed by atoms with E-state index in [0.29, 0.717) is 24.4 Å². The normalized spacial score (nSPS) is 22.9. The van der Waals surface area contributed by atoms with Crippen LogP contribution in [0.3, 0.4) is 0 Å². The number of carbonyl (C=O) groups excluding carboxylic acids is 2. The van der Waals surface area contributed by atoms with Crippen molar-refractivity contribution in [3.05, 3.63) is 29.3 Å². The van der Waals surface area contributed by atoms with E-state index in [1.807, 2.05) is 26.0 Å². The molecule has 24 heavy (non-hydrogen) atoms. The Morgan fingerprint density at radius 3 is 2.62 bits per heavy atom. The molecule has 1 atom stereocenters. The highest BCUT2D eigenvalue weighted by Gasteiger charge is 2.35. The molecule has 1 saturated heterocycles. The topological polar surface area (TPSA) is 57.7 Å². The second-order valence-electron chi connectivity index (χ2n) is 7.15. The predicted molar refractivity (Wildman–Crippen MR) is 95.8 cm³/mol. The van der Waals surface area contributed by atoms with Crippen LogP contribution in [0.2, 0.25) is 0 Å². The van der Waals surface area contributed by atoms with Crippen molar-refractivity contribution in [2.45, 2.75) is 38.4 Å². The van der Waals surface area contributed by atoms with Crippen LogP contribution in [-0.2, 0) is 22.0 Å². The number of benzene rings is 1. The summed E-state index contributed by atoms with van der Waals surface area (Å²) in [5, 5.41) is 0. The maximum atomic E-state index is 12.8. The molecule has 0 unspecified atom stereocenters. The van der Waals surface area contributed by atoms with Gasteiger partial charge in [-0.25, -0.2) is 0 Å². The van der Waals surface area contributed by atoms with Crippen molar-refractivity contribution in [3.63, 3.8) is 0 Å². The first kappa shape index (κ1) is 17.1. The third-order valence-electron chi connectivity index (χ3n) is 4.85. The second kappa shape index (κ2) is 6.31. The smallest absolute Gasteiger partial charge is 0.253 e. The summed E-state index contributed by atoms with van der Waals surface area (Å²) in [4.78, 5) is 28.2. The zero-order valence-electron chi connectivity index (χ0n) is 14.5. The Bertz CT molecular complexity index is 714. The molecule has 3 rings (SSSR count). The lowest BCUT2D eigenvalue weighted by atomic mass is 9.98. The molecule has 1 aromatic carbocycles. The molecule has 2 aliphatic heterocycles. The van der Waals surface area contributed by atoms with E-state index in [9.17, 15) is 13.8 Å². The first-order valence-corrected chi connectivity index (χ1v) is 9.70. The van der Waals surface area contributed by atoms with E-state index in [-0.39, 0.29) is 16.6 Å². The van der Waals surface area contributed by atoms with Crippen molar-refractivity contribution < 1.29 is 13.8 Å². The summed E-state index contributed by atoms with van der Waals surface area (Å²) in [7, 11) is -0.894. The lowest BCUT2D eigenvalue weighted by molar-refractivity contribution is -0.116. The van der Waals surface area contributed by atoms with Gasteiger partial charge < -0.3 is 9.80 Å². The molecule has 0 N–H and O–H groups in total. The first-order chi connectivity index (χ1) is 11.3. The molecule has 0 aromatic heterocycles. The van der Waals surface area contributed by atoms with Gasteiger partial charge in [0.15, 0.2) is 0 Å². The molecule has 6 heteroatoms. The number of rotatable bonds is 1. The fraction of sp³-hybridized carbons (Fsp3) is 0.556. The van der Waals surface area contributed by atoms with Crippen LogP contribution >= 0.6 is 0 Å². The van der Waals surface area contributed by atoms with E-state index in [2.05, 4.69) is 0 Å². The van der Waals surface area contributed by atoms with Gasteiger partial charge in [-0.15, -0.1) is 0 Å². The van der Waals surface area contributed by atoms with Crippen molar-refractivity contribution in [1.29, 1.82) is 0 Å². The Morgan fingerprint density at radius 2 is 1.96 bits per heavy atom. The molecule has 1 aromatic rings. The fourth-order valence-corrected chi connectivity index (χ4v) is 4.73. The molecule has 5 nitrogen and oxygen atoms in total. The van der Waals surface area contributed by atoms with Gasteiger partial charge in [-0.2, -0.15) is 0 Å². The largest absolute Gasteiger partial charge is 0.336 e. The lowest BCUT2D eigenvalue weighted by Crippen LogP contribution is -2.52. The minimum atomic E-state index is -0.894. The minimum Gasteiger partial charge on any atom is -0.336 e. The van der Waals surface area contributed by atoms with E-state index in [0.717, 1.165) is 30.6 Å². The number of aryl methyl sites for hydroxylation is 1. The summed E-state index contributed by atoms with van der Waals surface area (Å²) in [6.07, 6.45) is 1.80. The molecule has 0 radical (unpaired) electrons. The summed E-state index contributed by atoms with van der Waals surface area (Å²) in [6.45, 7) is 7.24. The predicted octanol–water partition coefficient (Wildman–Crippen LogP) is 1.97. The Kier molecular flexibility index (Phi) is 4.51. The molecule has 0 aliphatic carbocycles. The molecule has 1 fully saturated rings. The van der Waals surface area contributed by atoms with E-state index in [1.54, 1.807) is 22.8 Å². The van der Waals surface area contributed by atoms with E-state index in [1.165, 1.54) is 0 Å². The van der Waals surface area contributed by atoms with Crippen LogP contribution in [0, 0.1) is 0 Å². The Balaban J connectivity index is 1.84. The van der Waals surface area contributed by atoms with Gasteiger partial charge in [0.2, 0.25) is 5.91 Å². The Hall–Kier alpha value is -1.69. The SMILES string of the molecule is CC(=O)N1CCCc2cc(C(=O)N3CC[S@@](=O)C(C)(C)C3)ccc21. The second-order valence-corrected chi connectivity index (χ2v) is 9.36. The highest BCUT2D eigenvalue weighted by molar-refractivity contribution is 7.86. The molecule has 0 bridgehead atoms. The quantitative estimate of drug-likeness (QED) is 0.780. The number of hydrogen-bond acceptors (Lipinski definition) is 3. The monoisotopic (exact) mass is 348 g/mol. The standard InChI is InChI=1S/C18H24N2O3S/c1-13(21)20-8-4-5-14-11-15(6-7-16(14)20)17(22)19-9-10-24(23)18(2,3)12-19/h6-7,11H,4-5,8-10,12H2,1-3H3/t24-/m1/s1. The zero-order chi connectivity index (χ0) is 17.5. The van der Waals surface area contributed by atoms with Gasteiger partial charge in [0.05, 0.1) is 4.75 Å². The van der Waals surface area contributed by atoms with Crippen molar-refractivity contribution in [3.8, 4) is 0 Å². The van der Waals surface area contributed by atoms with Crippen LogP contribution in [0.25, 0.3) is 0 Å². The van der Waals surface area contributed by atoms with E-state index in [4.69, 9.17) is 0 Å². The third kappa shape index (κ3) is 3.11. The summed E-state index contributed by atoms with van der Waals surface area (Å²) in [5.74, 6) is 0.555. The van der Waals surface area contributed by atoms with Gasteiger partial charge in [-0.1, -0.05) is 0 Å². The van der Waals surface area contributed by atoms with Gasteiger partial charge in [0.25, 0.3) is 5.91 Å². The fourth-order valence-electron chi connectivity index (χ4n) is 3.49. The van der Waals surface area contributed by atoms with Crippen LogP contribution in [0.4, 0.5) is 5.69 Å². The van der Waals surface area contributed by atoms with Crippen molar-refractivity contribution >= 4 is 28.3 Å². The molecule has 2 heterocycles. The summed E-state index contributed by atoms with van der Waals surface area (Å²) in [5.41, 5.74) is 2.63. The maximum absolute atomic E-state index is 12.8. The van der Waals surface area contributed by atoms with Crippen LogP contribution in [0.5, 0.6) is 0 Å². The molecular weight excluding hydrogens is 324 g/mol. The van der Waals surface area contributed by atoms with Crippen LogP contribution in [0.1, 0.15) is 43.1 Å². The molecular formula is C18H24N2O3S. The van der Waals surface area contributed by atoms with Crippen LogP contribution in [-0.4, -0.2) is 51.1 Å². The van der Waals surface area contributed by atoms with Gasteiger partial charge in [0.1, 0.15) is 0 Å². The molecule has 130 valence electrons. The van der Waals surface area contributed by atoms with Gasteiger partial charge >= 0.3 is 0 Å². The summed E-state index contributed by atoms with van der Waals surface area (Å²) < 4.78 is 11.7. The van der Waals surface area contributed by atoms with Gasteiger partial charge in [-0.3, -0.25) is 13.8 Å². The minimum absolute atomic E-state index is 0.0116. The zero-order valence-corrected chi connectivity index (χ0v) is 15.3. The lowest BCUT2D eigenvalue weighted by Gasteiger charge is -2.37. The average molecular weight is 348 g/mol. The third-order valence-corrected chi connectivity index (χ3v) is 6.76. The molecule has 2 amide bonds. The number of hydrogen-bond donors (Lipinski definition) is 0. The van der Waals surface area contributed by atoms with Crippen molar-refractivity contribution in [2.75, 3.05) is 30.3 Å². The van der Waals surface area contributed by atoms with Gasteiger partial charge in [0, 0.05) is 54.4 Å². The van der Waals surface area contributed by atoms with Crippen molar-refractivity contribution in [2.24, 2.45) is 0 Å². The molecule has 0 saturated carbocycles. The number of carbonyl (C=O) groups is 2. The molecule has 0 spiro atoms. The Morgan fingerprint density at radius 1 is 1.21 bits per heavy atom. The highest BCUT2D eigenvalue weighted by Crippen LogP contribution is 2.29. The number of nitrogens with zero attached hydrogens (tertiary/aromatic N) is 2. The first-order valence-electron chi connectivity index (χ1n) is 8.38. The Labute approximate surface area is 145 Å². The van der Waals surface area contributed by atoms with Gasteiger partial charge in [-0.05, 0) is 50.5 Å². The summed E-state index contributed by atoms with van der Waals surface area (Å²) >= 11 is 0. The van der Waals surface area contributed by atoms with Crippen LogP contribution < -0.4 is 4.90 Å². The molecule has 2 aliphatic rings. The number of fused-ring (bicyclic) bond motifs is 1. The average Bonchev–Trinajstić information content (AvgIpc) is 2.55. The highest BCUT2D eigenvalue weighted by atomic mass is 32.2.